The van der Waals surface area contributed by atoms with E-state index in [9.17, 15) is 0 Å². The van der Waals surface area contributed by atoms with Crippen LogP contribution in [0.25, 0.3) is 0 Å². The standard InChI is InChI=1S/C14H20BrNO/c1-9-8-10(2)17-14(11(3)16-9)12-4-6-13(15)7-5-12/h4-7,9-11,14,16H,8H2,1-3H3. The molecule has 0 spiro atoms. The van der Waals surface area contributed by atoms with Crippen LogP contribution in [0, 0.1) is 0 Å². The summed E-state index contributed by atoms with van der Waals surface area (Å²) in [6.45, 7) is 6.57. The smallest absolute Gasteiger partial charge is 0.0978 e. The molecule has 0 amide bonds. The van der Waals surface area contributed by atoms with E-state index in [1.54, 1.807) is 0 Å². The lowest BCUT2D eigenvalue weighted by Gasteiger charge is -2.24. The molecule has 0 radical (unpaired) electrons. The van der Waals surface area contributed by atoms with E-state index in [2.05, 4.69) is 66.3 Å². The number of nitrogens with one attached hydrogen (secondary N) is 1. The van der Waals surface area contributed by atoms with Crippen LogP contribution in [0.2, 0.25) is 0 Å². The van der Waals surface area contributed by atoms with Crippen LogP contribution >= 0.6 is 15.9 Å². The van der Waals surface area contributed by atoms with Gasteiger partial charge in [-0.2, -0.15) is 0 Å². The Balaban J connectivity index is 2.20. The Morgan fingerprint density at radius 1 is 1.18 bits per heavy atom. The maximum absolute atomic E-state index is 6.14. The molecule has 0 bridgehead atoms. The molecule has 1 fully saturated rings. The summed E-state index contributed by atoms with van der Waals surface area (Å²) in [5.74, 6) is 0. The highest BCUT2D eigenvalue weighted by atomic mass is 79.9. The third kappa shape index (κ3) is 3.30. The van der Waals surface area contributed by atoms with E-state index in [1.807, 2.05) is 0 Å². The monoisotopic (exact) mass is 297 g/mol. The average molecular weight is 298 g/mol. The number of hydrogen-bond donors (Lipinski definition) is 1. The molecule has 1 aliphatic rings. The van der Waals surface area contributed by atoms with Crippen LogP contribution in [0.15, 0.2) is 28.7 Å². The van der Waals surface area contributed by atoms with Gasteiger partial charge in [0.2, 0.25) is 0 Å². The lowest BCUT2D eigenvalue weighted by atomic mass is 10.0. The fraction of sp³-hybridized carbons (Fsp3) is 0.571. The zero-order valence-corrected chi connectivity index (χ0v) is 12.2. The molecule has 2 nitrogen and oxygen atoms in total. The second-order valence-electron chi connectivity index (χ2n) is 5.01. The van der Waals surface area contributed by atoms with Crippen molar-refractivity contribution < 1.29 is 4.74 Å². The Morgan fingerprint density at radius 2 is 1.82 bits per heavy atom. The molecule has 0 aliphatic carbocycles. The minimum Gasteiger partial charge on any atom is -0.369 e. The van der Waals surface area contributed by atoms with Gasteiger partial charge in [0, 0.05) is 16.6 Å². The Morgan fingerprint density at radius 3 is 2.47 bits per heavy atom. The molecule has 1 saturated heterocycles. The first kappa shape index (κ1) is 13.1. The van der Waals surface area contributed by atoms with Crippen molar-refractivity contribution in [1.29, 1.82) is 0 Å². The van der Waals surface area contributed by atoms with Crippen LogP contribution in [-0.2, 0) is 4.74 Å². The van der Waals surface area contributed by atoms with Gasteiger partial charge in [-0.3, -0.25) is 0 Å². The van der Waals surface area contributed by atoms with Crippen LogP contribution in [0.1, 0.15) is 38.9 Å². The molecule has 1 aromatic carbocycles. The molecule has 2 rings (SSSR count). The molecule has 1 N–H and O–H groups in total. The van der Waals surface area contributed by atoms with Crippen molar-refractivity contribution in [2.45, 2.75) is 51.5 Å². The predicted octanol–water partition coefficient (Wildman–Crippen LogP) is 3.67. The van der Waals surface area contributed by atoms with Crippen LogP contribution in [0.3, 0.4) is 0 Å². The molecular formula is C14H20BrNO. The highest BCUT2D eigenvalue weighted by Crippen LogP contribution is 2.28. The molecule has 94 valence electrons. The van der Waals surface area contributed by atoms with E-state index in [4.69, 9.17) is 4.74 Å². The van der Waals surface area contributed by atoms with Gasteiger partial charge < -0.3 is 10.1 Å². The van der Waals surface area contributed by atoms with E-state index in [1.165, 1.54) is 5.56 Å². The van der Waals surface area contributed by atoms with Gasteiger partial charge in [-0.25, -0.2) is 0 Å². The van der Waals surface area contributed by atoms with Gasteiger partial charge in [0.05, 0.1) is 12.2 Å². The molecule has 1 heterocycles. The molecular weight excluding hydrogens is 278 g/mol. The normalized spacial score (nSPS) is 34.4. The number of rotatable bonds is 1. The van der Waals surface area contributed by atoms with Gasteiger partial charge in [0.25, 0.3) is 0 Å². The SMILES string of the molecule is CC1CC(C)OC(c2ccc(Br)cc2)C(C)N1. The van der Waals surface area contributed by atoms with Gasteiger partial charge in [-0.15, -0.1) is 0 Å². The quantitative estimate of drug-likeness (QED) is 0.854. The number of ether oxygens (including phenoxy) is 1. The van der Waals surface area contributed by atoms with Gasteiger partial charge in [0.1, 0.15) is 0 Å². The molecule has 4 unspecified atom stereocenters. The summed E-state index contributed by atoms with van der Waals surface area (Å²) < 4.78 is 7.25. The Hall–Kier alpha value is -0.380. The van der Waals surface area contributed by atoms with Crippen molar-refractivity contribution in [3.05, 3.63) is 34.3 Å². The Labute approximate surface area is 112 Å². The topological polar surface area (TPSA) is 21.3 Å². The minimum absolute atomic E-state index is 0.142. The van der Waals surface area contributed by atoms with Crippen LogP contribution in [0.5, 0.6) is 0 Å². The van der Waals surface area contributed by atoms with Gasteiger partial charge in [-0.05, 0) is 44.9 Å². The first-order valence-electron chi connectivity index (χ1n) is 6.23. The second-order valence-corrected chi connectivity index (χ2v) is 5.93. The molecule has 0 aromatic heterocycles. The first-order valence-corrected chi connectivity index (χ1v) is 7.02. The predicted molar refractivity (Wildman–Crippen MR) is 74.1 cm³/mol. The summed E-state index contributed by atoms with van der Waals surface area (Å²) in [5, 5.41) is 3.60. The van der Waals surface area contributed by atoms with Crippen molar-refractivity contribution >= 4 is 15.9 Å². The summed E-state index contributed by atoms with van der Waals surface area (Å²) in [6.07, 6.45) is 1.51. The molecule has 3 heteroatoms. The summed E-state index contributed by atoms with van der Waals surface area (Å²) in [4.78, 5) is 0. The molecule has 1 aromatic rings. The third-order valence-corrected chi connectivity index (χ3v) is 3.79. The zero-order valence-electron chi connectivity index (χ0n) is 10.6. The van der Waals surface area contributed by atoms with E-state index in [0.717, 1.165) is 10.9 Å². The second kappa shape index (κ2) is 5.51. The van der Waals surface area contributed by atoms with Crippen molar-refractivity contribution in [2.75, 3.05) is 0 Å². The van der Waals surface area contributed by atoms with Gasteiger partial charge >= 0.3 is 0 Å². The summed E-state index contributed by atoms with van der Waals surface area (Å²) in [6, 6.07) is 9.27. The van der Waals surface area contributed by atoms with Crippen LogP contribution in [-0.4, -0.2) is 18.2 Å². The highest BCUT2D eigenvalue weighted by molar-refractivity contribution is 9.10. The van der Waals surface area contributed by atoms with E-state index >= 15 is 0 Å². The Bertz CT molecular complexity index is 365. The number of hydrogen-bond acceptors (Lipinski definition) is 2. The van der Waals surface area contributed by atoms with Crippen LogP contribution < -0.4 is 5.32 Å². The number of halogens is 1. The molecule has 1 aliphatic heterocycles. The fourth-order valence-corrected chi connectivity index (χ4v) is 2.81. The Kier molecular flexibility index (Phi) is 4.23. The summed E-state index contributed by atoms with van der Waals surface area (Å²) in [7, 11) is 0. The van der Waals surface area contributed by atoms with E-state index < -0.39 is 0 Å². The summed E-state index contributed by atoms with van der Waals surface area (Å²) >= 11 is 3.46. The largest absolute Gasteiger partial charge is 0.369 e. The molecule has 4 atom stereocenters. The third-order valence-electron chi connectivity index (χ3n) is 3.26. The maximum Gasteiger partial charge on any atom is 0.0978 e. The average Bonchev–Trinajstić information content (AvgIpc) is 2.38. The van der Waals surface area contributed by atoms with Crippen molar-refractivity contribution in [3.63, 3.8) is 0 Å². The van der Waals surface area contributed by atoms with Crippen molar-refractivity contribution in [3.8, 4) is 0 Å². The van der Waals surface area contributed by atoms with E-state index in [-0.39, 0.29) is 6.10 Å². The van der Waals surface area contributed by atoms with E-state index in [0.29, 0.717) is 18.2 Å². The van der Waals surface area contributed by atoms with Crippen molar-refractivity contribution in [2.24, 2.45) is 0 Å². The lowest BCUT2D eigenvalue weighted by molar-refractivity contribution is -0.00782. The highest BCUT2D eigenvalue weighted by Gasteiger charge is 2.27. The summed E-state index contributed by atoms with van der Waals surface area (Å²) in [5.41, 5.74) is 1.24. The molecule has 17 heavy (non-hydrogen) atoms. The van der Waals surface area contributed by atoms with Gasteiger partial charge in [0.15, 0.2) is 0 Å². The first-order chi connectivity index (χ1) is 8.06. The van der Waals surface area contributed by atoms with Crippen molar-refractivity contribution in [1.82, 2.24) is 5.32 Å². The maximum atomic E-state index is 6.14. The minimum atomic E-state index is 0.142. The fourth-order valence-electron chi connectivity index (χ4n) is 2.55. The van der Waals surface area contributed by atoms with Gasteiger partial charge in [-0.1, -0.05) is 28.1 Å². The van der Waals surface area contributed by atoms with Crippen LogP contribution in [0.4, 0.5) is 0 Å². The lowest BCUT2D eigenvalue weighted by Crippen LogP contribution is -2.36. The zero-order chi connectivity index (χ0) is 12.4. The molecule has 0 saturated carbocycles. The number of benzene rings is 1.